The van der Waals surface area contributed by atoms with Crippen LogP contribution in [0.25, 0.3) is 22.3 Å². The van der Waals surface area contributed by atoms with Crippen molar-refractivity contribution in [2.75, 3.05) is 26.2 Å². The zero-order valence-corrected chi connectivity index (χ0v) is 25.9. The SMILES string of the molecule is CCCC.CC[SiH2]Oc1ccc(-c2oc3cc(O)ccc3c2Cc2ccc(OCCN3CCCCC3)cc2)cc1. The smallest absolute Gasteiger partial charge is 0.219 e. The number of likely N-dealkylation sites (tertiary alicyclic amines) is 1. The fraction of sp³-hybridized carbons (Fsp3) is 0.412. The zero-order valence-electron chi connectivity index (χ0n) is 24.5. The second kappa shape index (κ2) is 15.5. The molecule has 0 atom stereocenters. The van der Waals surface area contributed by atoms with Crippen molar-refractivity contribution in [2.24, 2.45) is 0 Å². The molecule has 0 unspecified atom stereocenters. The molecule has 0 spiro atoms. The van der Waals surface area contributed by atoms with Crippen molar-refractivity contribution in [2.45, 2.75) is 65.3 Å². The summed E-state index contributed by atoms with van der Waals surface area (Å²) in [6.45, 7) is 10.6. The molecule has 0 bridgehead atoms. The third-order valence-electron chi connectivity index (χ3n) is 7.29. The van der Waals surface area contributed by atoms with Gasteiger partial charge in [0.25, 0.3) is 0 Å². The van der Waals surface area contributed by atoms with Crippen molar-refractivity contribution in [1.29, 1.82) is 0 Å². The van der Waals surface area contributed by atoms with E-state index in [1.165, 1.54) is 50.8 Å². The van der Waals surface area contributed by atoms with Crippen LogP contribution >= 0.6 is 0 Å². The van der Waals surface area contributed by atoms with Gasteiger partial charge in [-0.25, -0.2) is 0 Å². The topological polar surface area (TPSA) is 55.1 Å². The molecule has 0 radical (unpaired) electrons. The lowest BCUT2D eigenvalue weighted by atomic mass is 9.98. The van der Waals surface area contributed by atoms with E-state index in [2.05, 4.69) is 62.1 Å². The maximum atomic E-state index is 10.0. The summed E-state index contributed by atoms with van der Waals surface area (Å²) in [5, 5.41) is 11.0. The van der Waals surface area contributed by atoms with Crippen molar-refractivity contribution in [1.82, 2.24) is 4.90 Å². The molecular weight excluding hydrogens is 514 g/mol. The number of benzene rings is 3. The summed E-state index contributed by atoms with van der Waals surface area (Å²) in [6, 6.07) is 23.0. The molecule has 6 heteroatoms. The van der Waals surface area contributed by atoms with E-state index in [4.69, 9.17) is 13.6 Å². The largest absolute Gasteiger partial charge is 0.549 e. The molecule has 4 aromatic rings. The Morgan fingerprint density at radius 1 is 0.850 bits per heavy atom. The highest BCUT2D eigenvalue weighted by atomic mass is 28.2. The second-order valence-electron chi connectivity index (χ2n) is 10.5. The van der Waals surface area contributed by atoms with E-state index >= 15 is 0 Å². The lowest BCUT2D eigenvalue weighted by Gasteiger charge is -2.26. The van der Waals surface area contributed by atoms with Gasteiger partial charge in [-0.05, 0) is 86.1 Å². The highest BCUT2D eigenvalue weighted by Gasteiger charge is 2.17. The van der Waals surface area contributed by atoms with Crippen LogP contribution < -0.4 is 9.16 Å². The molecule has 0 aliphatic carbocycles. The molecule has 1 N–H and O–H groups in total. The Bertz CT molecular complexity index is 1290. The van der Waals surface area contributed by atoms with Gasteiger partial charge in [0.1, 0.15) is 35.2 Å². The van der Waals surface area contributed by atoms with Crippen LogP contribution in [0.5, 0.6) is 17.2 Å². The number of hydrogen-bond donors (Lipinski definition) is 1. The first kappa shape index (κ1) is 29.8. The van der Waals surface area contributed by atoms with Crippen molar-refractivity contribution < 1.29 is 18.7 Å². The van der Waals surface area contributed by atoms with Gasteiger partial charge in [0, 0.05) is 35.5 Å². The van der Waals surface area contributed by atoms with E-state index < -0.39 is 9.76 Å². The molecular formula is C34H45NO4Si. The number of phenols is 1. The van der Waals surface area contributed by atoms with Gasteiger partial charge >= 0.3 is 0 Å². The van der Waals surface area contributed by atoms with Crippen molar-refractivity contribution >= 4 is 20.7 Å². The van der Waals surface area contributed by atoms with E-state index in [0.717, 1.165) is 59.4 Å². The third-order valence-corrected chi connectivity index (χ3v) is 8.24. The van der Waals surface area contributed by atoms with Crippen molar-refractivity contribution in [3.63, 3.8) is 0 Å². The molecule has 1 aromatic heterocycles. The van der Waals surface area contributed by atoms with Crippen LogP contribution in [0.3, 0.4) is 0 Å². The van der Waals surface area contributed by atoms with Gasteiger partial charge in [0.2, 0.25) is 9.76 Å². The molecule has 5 rings (SSSR count). The summed E-state index contributed by atoms with van der Waals surface area (Å²) in [5.74, 6) is 2.85. The number of fused-ring (bicyclic) bond motifs is 1. The highest BCUT2D eigenvalue weighted by Crippen LogP contribution is 2.37. The van der Waals surface area contributed by atoms with Crippen LogP contribution in [0.4, 0.5) is 0 Å². The first-order chi connectivity index (χ1) is 19.6. The number of ether oxygens (including phenoxy) is 1. The minimum Gasteiger partial charge on any atom is -0.549 e. The number of furan rings is 1. The summed E-state index contributed by atoms with van der Waals surface area (Å²) in [6.07, 6.45) is 7.32. The minimum absolute atomic E-state index is 0.202. The number of phenolic OH excluding ortho intramolecular Hbond substituents is 1. The predicted octanol–water partition coefficient (Wildman–Crippen LogP) is 7.97. The first-order valence-electron chi connectivity index (χ1n) is 15.0. The number of hydrogen-bond acceptors (Lipinski definition) is 5. The first-order valence-corrected chi connectivity index (χ1v) is 16.6. The van der Waals surface area contributed by atoms with Crippen molar-refractivity contribution in [3.8, 4) is 28.6 Å². The Morgan fingerprint density at radius 3 is 2.23 bits per heavy atom. The Hall–Kier alpha value is -3.22. The number of piperidine rings is 1. The van der Waals surface area contributed by atoms with Gasteiger partial charge in [-0.2, -0.15) is 0 Å². The van der Waals surface area contributed by atoms with Crippen LogP contribution in [0.15, 0.2) is 71.1 Å². The fourth-order valence-electron chi connectivity index (χ4n) is 4.85. The Morgan fingerprint density at radius 2 is 1.55 bits per heavy atom. The van der Waals surface area contributed by atoms with Crippen LogP contribution in [-0.4, -0.2) is 46.0 Å². The molecule has 1 aliphatic rings. The van der Waals surface area contributed by atoms with Crippen molar-refractivity contribution in [3.05, 3.63) is 77.9 Å². The highest BCUT2D eigenvalue weighted by molar-refractivity contribution is 6.28. The Labute approximate surface area is 242 Å². The number of unbranched alkanes of at least 4 members (excludes halogenated alkanes) is 1. The molecule has 1 saturated heterocycles. The van der Waals surface area contributed by atoms with Gasteiger partial charge in [0.05, 0.1) is 0 Å². The molecule has 0 amide bonds. The normalized spacial score (nSPS) is 13.9. The molecule has 5 nitrogen and oxygen atoms in total. The summed E-state index contributed by atoms with van der Waals surface area (Å²) in [5.41, 5.74) is 3.99. The predicted molar refractivity (Wildman–Crippen MR) is 169 cm³/mol. The number of aromatic hydroxyl groups is 1. The van der Waals surface area contributed by atoms with E-state index in [0.29, 0.717) is 5.58 Å². The lowest BCUT2D eigenvalue weighted by Crippen LogP contribution is -2.33. The standard InChI is InChI=1S/C30H35NO4Si.C4H10/c1-2-36-35-26-13-8-23(9-14-26)30-28(27-15-10-24(32)21-29(27)34-30)20-22-6-11-25(12-7-22)33-19-18-31-16-4-3-5-17-31;1-3-4-2/h6-15,21,32H,2-5,16-20,36H2,1H3;3-4H2,1-2H3. The van der Waals surface area contributed by atoms with E-state index in [9.17, 15) is 5.11 Å². The number of nitrogens with zero attached hydrogens (tertiary/aromatic N) is 1. The maximum absolute atomic E-state index is 10.0. The van der Waals surface area contributed by atoms with E-state index in [1.807, 2.05) is 18.2 Å². The fourth-order valence-corrected chi connectivity index (χ4v) is 5.49. The minimum atomic E-state index is -0.502. The summed E-state index contributed by atoms with van der Waals surface area (Å²) >= 11 is 0. The lowest BCUT2D eigenvalue weighted by molar-refractivity contribution is 0.183. The van der Waals surface area contributed by atoms with Crippen LogP contribution in [-0.2, 0) is 6.42 Å². The van der Waals surface area contributed by atoms with Gasteiger partial charge in [-0.1, -0.05) is 52.2 Å². The van der Waals surface area contributed by atoms with Crippen LogP contribution in [0.1, 0.15) is 64.0 Å². The molecule has 1 aliphatic heterocycles. The Kier molecular flexibility index (Phi) is 11.6. The van der Waals surface area contributed by atoms with E-state index in [1.54, 1.807) is 12.1 Å². The van der Waals surface area contributed by atoms with Gasteiger partial charge in [-0.3, -0.25) is 4.90 Å². The molecule has 1 fully saturated rings. The Balaban J connectivity index is 0.000000867. The van der Waals surface area contributed by atoms with Crippen LogP contribution in [0, 0.1) is 0 Å². The average molecular weight is 560 g/mol. The summed E-state index contributed by atoms with van der Waals surface area (Å²) in [4.78, 5) is 2.49. The quantitative estimate of drug-likeness (QED) is 0.189. The van der Waals surface area contributed by atoms with Crippen LogP contribution in [0.2, 0.25) is 6.04 Å². The summed E-state index contributed by atoms with van der Waals surface area (Å²) in [7, 11) is -0.502. The molecule has 2 heterocycles. The monoisotopic (exact) mass is 559 g/mol. The zero-order chi connectivity index (χ0) is 28.2. The van der Waals surface area contributed by atoms with E-state index in [-0.39, 0.29) is 5.75 Å². The third kappa shape index (κ3) is 8.39. The van der Waals surface area contributed by atoms with Gasteiger partial charge in [-0.15, -0.1) is 0 Å². The molecule has 214 valence electrons. The average Bonchev–Trinajstić information content (AvgIpc) is 3.34. The maximum Gasteiger partial charge on any atom is 0.219 e. The molecule has 40 heavy (non-hydrogen) atoms. The van der Waals surface area contributed by atoms with Gasteiger partial charge in [0.15, 0.2) is 0 Å². The van der Waals surface area contributed by atoms with Gasteiger partial charge < -0.3 is 18.7 Å². The molecule has 3 aromatic carbocycles. The molecule has 0 saturated carbocycles. The number of rotatable bonds is 11. The summed E-state index contributed by atoms with van der Waals surface area (Å²) < 4.78 is 18.2. The second-order valence-corrected chi connectivity index (χ2v) is 12.2.